The summed E-state index contributed by atoms with van der Waals surface area (Å²) < 4.78 is 11.5. The van der Waals surface area contributed by atoms with E-state index in [0.717, 1.165) is 16.8 Å². The molecule has 0 saturated carbocycles. The lowest BCUT2D eigenvalue weighted by molar-refractivity contribution is -0.118. The van der Waals surface area contributed by atoms with E-state index in [-0.39, 0.29) is 18.6 Å². The van der Waals surface area contributed by atoms with Crippen molar-refractivity contribution in [2.24, 2.45) is 0 Å². The summed E-state index contributed by atoms with van der Waals surface area (Å²) in [6.07, 6.45) is 3.59. The molecule has 1 aromatic heterocycles. The number of hydrogen-bond acceptors (Lipinski definition) is 4. The molecule has 3 aromatic rings. The van der Waals surface area contributed by atoms with E-state index < -0.39 is 0 Å². The minimum atomic E-state index is -0.345. The zero-order valence-corrected chi connectivity index (χ0v) is 16.2. The van der Waals surface area contributed by atoms with Gasteiger partial charge < -0.3 is 14.8 Å². The average molecular weight is 386 g/mol. The van der Waals surface area contributed by atoms with Gasteiger partial charge in [-0.25, -0.2) is 0 Å². The van der Waals surface area contributed by atoms with Gasteiger partial charge in [0, 0.05) is 11.8 Å². The Balaban J connectivity index is 1.61. The highest BCUT2D eigenvalue weighted by Crippen LogP contribution is 2.36. The summed E-state index contributed by atoms with van der Waals surface area (Å²) in [7, 11) is 0. The summed E-state index contributed by atoms with van der Waals surface area (Å²) in [5, 5.41) is 3.11. The fourth-order valence-electron chi connectivity index (χ4n) is 3.32. The van der Waals surface area contributed by atoms with E-state index in [1.54, 1.807) is 6.20 Å². The number of carbonyl (C=O) groups excluding carboxylic acids is 1. The van der Waals surface area contributed by atoms with Crippen LogP contribution in [0.4, 0.5) is 0 Å². The largest absolute Gasteiger partial charge is 0.490 e. The Morgan fingerprint density at radius 2 is 1.93 bits per heavy atom. The first-order chi connectivity index (χ1) is 14.3. The molecular weight excluding hydrogens is 364 g/mol. The van der Waals surface area contributed by atoms with Crippen LogP contribution < -0.4 is 14.8 Å². The zero-order chi connectivity index (χ0) is 20.1. The highest BCUT2D eigenvalue weighted by atomic mass is 16.5. The summed E-state index contributed by atoms with van der Waals surface area (Å²) in [6, 6.07) is 20.8. The van der Waals surface area contributed by atoms with Gasteiger partial charge in [-0.3, -0.25) is 9.78 Å². The van der Waals surface area contributed by atoms with Crippen LogP contribution in [0.1, 0.15) is 29.8 Å². The minimum absolute atomic E-state index is 0.183. The third kappa shape index (κ3) is 4.14. The fourth-order valence-corrected chi connectivity index (χ4v) is 3.32. The number of para-hydroxylation sites is 1. The zero-order valence-electron chi connectivity index (χ0n) is 16.2. The predicted octanol–water partition coefficient (Wildman–Crippen LogP) is 4.16. The van der Waals surface area contributed by atoms with E-state index in [0.29, 0.717) is 23.7 Å². The molecule has 0 aliphatic carbocycles. The molecule has 29 heavy (non-hydrogen) atoms. The maximum atomic E-state index is 13.1. The van der Waals surface area contributed by atoms with Crippen LogP contribution in [0.15, 0.2) is 78.5 Å². The lowest BCUT2D eigenvalue weighted by atomic mass is 10.0. The monoisotopic (exact) mass is 386 g/mol. The normalized spacial score (nSPS) is 13.5. The van der Waals surface area contributed by atoms with Crippen molar-refractivity contribution in [1.82, 2.24) is 10.3 Å². The Morgan fingerprint density at radius 3 is 2.69 bits per heavy atom. The van der Waals surface area contributed by atoms with Crippen LogP contribution in [0, 0.1) is 0 Å². The third-order valence-electron chi connectivity index (χ3n) is 4.69. The maximum Gasteiger partial charge on any atom is 0.251 e. The molecule has 4 rings (SSSR count). The molecule has 1 aliphatic rings. The second-order valence-electron chi connectivity index (χ2n) is 6.64. The van der Waals surface area contributed by atoms with Crippen LogP contribution in [-0.4, -0.2) is 24.1 Å². The van der Waals surface area contributed by atoms with Crippen LogP contribution in [-0.2, 0) is 4.79 Å². The Bertz CT molecular complexity index is 977. The smallest absolute Gasteiger partial charge is 0.251 e. The van der Waals surface area contributed by atoms with Gasteiger partial charge in [-0.05, 0) is 36.8 Å². The van der Waals surface area contributed by atoms with E-state index >= 15 is 0 Å². The Labute approximate surface area is 170 Å². The first-order valence-electron chi connectivity index (χ1n) is 9.62. The molecule has 5 heteroatoms. The van der Waals surface area contributed by atoms with Crippen LogP contribution in [0.25, 0.3) is 6.08 Å². The van der Waals surface area contributed by atoms with E-state index in [2.05, 4.69) is 10.3 Å². The summed E-state index contributed by atoms with van der Waals surface area (Å²) in [6.45, 7) is 2.67. The van der Waals surface area contributed by atoms with Crippen LogP contribution in [0.3, 0.4) is 0 Å². The number of hydrogen-bond donors (Lipinski definition) is 1. The van der Waals surface area contributed by atoms with Crippen molar-refractivity contribution in [3.8, 4) is 11.5 Å². The topological polar surface area (TPSA) is 60.5 Å². The van der Waals surface area contributed by atoms with Crippen molar-refractivity contribution in [2.45, 2.75) is 13.0 Å². The first-order valence-corrected chi connectivity index (χ1v) is 9.62. The molecule has 0 radical (unpaired) electrons. The number of aromatic nitrogens is 1. The first kappa shape index (κ1) is 18.7. The van der Waals surface area contributed by atoms with E-state index in [9.17, 15) is 4.79 Å². The summed E-state index contributed by atoms with van der Waals surface area (Å²) in [4.78, 5) is 17.5. The van der Waals surface area contributed by atoms with Gasteiger partial charge in [0.2, 0.25) is 0 Å². The number of carbonyl (C=O) groups is 1. The molecule has 1 amide bonds. The standard InChI is InChI=1S/C24H22N2O3/c1-2-28-21-13-8-11-18-15-19(16-29-23(18)21)24(27)26-22(17-9-4-3-5-10-17)20-12-6-7-14-25-20/h3-15,22H,2,16H2,1H3,(H,26,27). The molecule has 2 heterocycles. The van der Waals surface area contributed by atoms with E-state index in [1.165, 1.54) is 0 Å². The third-order valence-corrected chi connectivity index (χ3v) is 4.69. The Morgan fingerprint density at radius 1 is 1.10 bits per heavy atom. The highest BCUT2D eigenvalue weighted by molar-refractivity contribution is 5.99. The number of fused-ring (bicyclic) bond motifs is 1. The van der Waals surface area contributed by atoms with Gasteiger partial charge in [0.1, 0.15) is 6.61 Å². The van der Waals surface area contributed by atoms with Crippen molar-refractivity contribution in [3.63, 3.8) is 0 Å². The minimum Gasteiger partial charge on any atom is -0.490 e. The van der Waals surface area contributed by atoms with E-state index in [4.69, 9.17) is 9.47 Å². The van der Waals surface area contributed by atoms with Gasteiger partial charge in [-0.1, -0.05) is 48.5 Å². The molecule has 0 fully saturated rings. The Hall–Kier alpha value is -3.60. The maximum absolute atomic E-state index is 13.1. The van der Waals surface area contributed by atoms with Crippen molar-refractivity contribution >= 4 is 12.0 Å². The average Bonchev–Trinajstić information content (AvgIpc) is 2.78. The van der Waals surface area contributed by atoms with Crippen molar-refractivity contribution in [2.75, 3.05) is 13.2 Å². The summed E-state index contributed by atoms with van der Waals surface area (Å²) in [5.74, 6) is 1.18. The SMILES string of the molecule is CCOc1cccc2c1OCC(C(=O)NC(c1ccccc1)c1ccccn1)=C2. The van der Waals surface area contributed by atoms with Gasteiger partial charge in [0.05, 0.1) is 23.9 Å². The number of amides is 1. The predicted molar refractivity (Wildman–Crippen MR) is 112 cm³/mol. The van der Waals surface area contributed by atoms with Crippen molar-refractivity contribution in [3.05, 3.63) is 95.3 Å². The van der Waals surface area contributed by atoms with E-state index in [1.807, 2.05) is 79.7 Å². The van der Waals surface area contributed by atoms with Gasteiger partial charge >= 0.3 is 0 Å². The van der Waals surface area contributed by atoms with Gasteiger partial charge in [0.15, 0.2) is 11.5 Å². The molecule has 5 nitrogen and oxygen atoms in total. The molecule has 1 aliphatic heterocycles. The fraction of sp³-hybridized carbons (Fsp3) is 0.167. The van der Waals surface area contributed by atoms with Gasteiger partial charge in [0.25, 0.3) is 5.91 Å². The van der Waals surface area contributed by atoms with Gasteiger partial charge in [-0.2, -0.15) is 0 Å². The molecule has 2 aromatic carbocycles. The second kappa shape index (κ2) is 8.61. The highest BCUT2D eigenvalue weighted by Gasteiger charge is 2.24. The van der Waals surface area contributed by atoms with Crippen LogP contribution in [0.2, 0.25) is 0 Å². The quantitative estimate of drug-likeness (QED) is 0.691. The number of rotatable bonds is 6. The van der Waals surface area contributed by atoms with Gasteiger partial charge in [-0.15, -0.1) is 0 Å². The second-order valence-corrected chi connectivity index (χ2v) is 6.64. The number of nitrogens with one attached hydrogen (secondary N) is 1. The number of pyridine rings is 1. The van der Waals surface area contributed by atoms with Crippen LogP contribution >= 0.6 is 0 Å². The molecule has 0 saturated heterocycles. The molecule has 1 atom stereocenters. The number of ether oxygens (including phenoxy) is 2. The summed E-state index contributed by atoms with van der Waals surface area (Å²) in [5.41, 5.74) is 3.14. The molecule has 1 N–H and O–H groups in total. The Kier molecular flexibility index (Phi) is 5.56. The van der Waals surface area contributed by atoms with Crippen LogP contribution in [0.5, 0.6) is 11.5 Å². The molecule has 0 spiro atoms. The lowest BCUT2D eigenvalue weighted by Gasteiger charge is -2.23. The number of nitrogens with zero attached hydrogens (tertiary/aromatic N) is 1. The molecular formula is C24H22N2O3. The molecule has 0 bridgehead atoms. The lowest BCUT2D eigenvalue weighted by Crippen LogP contribution is -2.33. The summed E-state index contributed by atoms with van der Waals surface area (Å²) >= 11 is 0. The number of benzene rings is 2. The molecule has 146 valence electrons. The van der Waals surface area contributed by atoms with Crippen molar-refractivity contribution in [1.29, 1.82) is 0 Å². The molecule has 1 unspecified atom stereocenters. The van der Waals surface area contributed by atoms with Crippen molar-refractivity contribution < 1.29 is 14.3 Å².